The van der Waals surface area contributed by atoms with Crippen LogP contribution in [0.25, 0.3) is 0 Å². The molecule has 4 nitrogen and oxygen atoms in total. The molecule has 0 spiro atoms. The topological polar surface area (TPSA) is 57.2 Å². The van der Waals surface area contributed by atoms with Crippen LogP contribution < -0.4 is 5.73 Å². The Hall–Kier alpha value is -1.29. The maximum Gasteiger partial charge on any atom is 0.306 e. The van der Waals surface area contributed by atoms with Gasteiger partial charge in [-0.2, -0.15) is 0 Å². The monoisotopic (exact) mass is 196 g/mol. The van der Waals surface area contributed by atoms with E-state index in [-0.39, 0.29) is 11.9 Å². The smallest absolute Gasteiger partial charge is 0.306 e. The average Bonchev–Trinajstić information content (AvgIpc) is 2.60. The fourth-order valence-corrected chi connectivity index (χ4v) is 1.49. The van der Waals surface area contributed by atoms with Crippen LogP contribution in [0, 0.1) is 0 Å². The van der Waals surface area contributed by atoms with Crippen LogP contribution in [0.5, 0.6) is 0 Å². The summed E-state index contributed by atoms with van der Waals surface area (Å²) in [5.41, 5.74) is 6.68. The van der Waals surface area contributed by atoms with Crippen molar-refractivity contribution < 1.29 is 9.53 Å². The highest BCUT2D eigenvalue weighted by Crippen LogP contribution is 2.18. The van der Waals surface area contributed by atoms with Gasteiger partial charge in [-0.15, -0.1) is 0 Å². The van der Waals surface area contributed by atoms with Crippen molar-refractivity contribution in [1.82, 2.24) is 4.57 Å². The van der Waals surface area contributed by atoms with Gasteiger partial charge in [0.25, 0.3) is 0 Å². The lowest BCUT2D eigenvalue weighted by molar-refractivity contribution is -0.141. The minimum absolute atomic E-state index is 0.0439. The van der Waals surface area contributed by atoms with Crippen LogP contribution in [0.15, 0.2) is 18.3 Å². The second-order valence-corrected chi connectivity index (χ2v) is 3.26. The summed E-state index contributed by atoms with van der Waals surface area (Å²) in [5, 5.41) is 0. The van der Waals surface area contributed by atoms with E-state index in [1.807, 2.05) is 29.9 Å². The molecule has 0 fully saturated rings. The van der Waals surface area contributed by atoms with E-state index in [9.17, 15) is 4.79 Å². The SMILES string of the molecule is COC(=O)CC(CN)c1cccn1C. The van der Waals surface area contributed by atoms with Gasteiger partial charge in [0.15, 0.2) is 0 Å². The molecule has 0 saturated carbocycles. The fourth-order valence-electron chi connectivity index (χ4n) is 1.49. The van der Waals surface area contributed by atoms with Gasteiger partial charge in [0.2, 0.25) is 0 Å². The molecule has 1 aromatic heterocycles. The maximum atomic E-state index is 11.1. The zero-order valence-electron chi connectivity index (χ0n) is 8.56. The molecule has 0 radical (unpaired) electrons. The molecular weight excluding hydrogens is 180 g/mol. The zero-order chi connectivity index (χ0) is 10.6. The van der Waals surface area contributed by atoms with Gasteiger partial charge in [-0.3, -0.25) is 4.79 Å². The molecule has 1 aromatic rings. The Kier molecular flexibility index (Phi) is 3.71. The second-order valence-electron chi connectivity index (χ2n) is 3.26. The molecule has 0 bridgehead atoms. The third-order valence-corrected chi connectivity index (χ3v) is 2.33. The molecule has 1 rings (SSSR count). The van der Waals surface area contributed by atoms with Crippen LogP contribution in [0.3, 0.4) is 0 Å². The number of methoxy groups -OCH3 is 1. The molecule has 0 aliphatic carbocycles. The summed E-state index contributed by atoms with van der Waals surface area (Å²) in [7, 11) is 3.33. The lowest BCUT2D eigenvalue weighted by atomic mass is 10.0. The molecule has 1 heterocycles. The number of hydrogen-bond acceptors (Lipinski definition) is 3. The number of nitrogens with two attached hydrogens (primary N) is 1. The summed E-state index contributed by atoms with van der Waals surface area (Å²) in [6.45, 7) is 0.451. The number of nitrogens with zero attached hydrogens (tertiary/aromatic N) is 1. The van der Waals surface area contributed by atoms with Crippen molar-refractivity contribution in [2.24, 2.45) is 12.8 Å². The number of aromatic nitrogens is 1. The van der Waals surface area contributed by atoms with Gasteiger partial charge in [0.1, 0.15) is 0 Å². The zero-order valence-corrected chi connectivity index (χ0v) is 8.56. The fraction of sp³-hybridized carbons (Fsp3) is 0.500. The van der Waals surface area contributed by atoms with Crippen LogP contribution in [-0.4, -0.2) is 24.2 Å². The van der Waals surface area contributed by atoms with E-state index in [4.69, 9.17) is 5.73 Å². The lowest BCUT2D eigenvalue weighted by Crippen LogP contribution is -2.19. The highest BCUT2D eigenvalue weighted by molar-refractivity contribution is 5.70. The first kappa shape index (κ1) is 10.8. The molecule has 0 aliphatic rings. The Morgan fingerprint density at radius 3 is 2.86 bits per heavy atom. The van der Waals surface area contributed by atoms with Crippen LogP contribution in [0.2, 0.25) is 0 Å². The van der Waals surface area contributed by atoms with Crippen molar-refractivity contribution in [1.29, 1.82) is 0 Å². The molecule has 1 atom stereocenters. The quantitative estimate of drug-likeness (QED) is 0.718. The predicted molar refractivity (Wildman–Crippen MR) is 53.8 cm³/mol. The van der Waals surface area contributed by atoms with E-state index in [0.29, 0.717) is 13.0 Å². The van der Waals surface area contributed by atoms with Crippen molar-refractivity contribution in [3.63, 3.8) is 0 Å². The van der Waals surface area contributed by atoms with Crippen molar-refractivity contribution in [3.8, 4) is 0 Å². The first-order valence-corrected chi connectivity index (χ1v) is 4.57. The highest BCUT2D eigenvalue weighted by atomic mass is 16.5. The third-order valence-electron chi connectivity index (χ3n) is 2.33. The summed E-state index contributed by atoms with van der Waals surface area (Å²) in [6.07, 6.45) is 2.28. The summed E-state index contributed by atoms with van der Waals surface area (Å²) in [6, 6.07) is 3.91. The molecule has 0 saturated heterocycles. The Morgan fingerprint density at radius 2 is 2.43 bits per heavy atom. The van der Waals surface area contributed by atoms with Crippen LogP contribution in [-0.2, 0) is 16.6 Å². The summed E-state index contributed by atoms with van der Waals surface area (Å²) in [5.74, 6) is -0.177. The minimum Gasteiger partial charge on any atom is -0.469 e. The van der Waals surface area contributed by atoms with E-state index < -0.39 is 0 Å². The molecule has 0 amide bonds. The Morgan fingerprint density at radius 1 is 1.71 bits per heavy atom. The van der Waals surface area contributed by atoms with Gasteiger partial charge in [-0.25, -0.2) is 0 Å². The number of rotatable bonds is 4. The van der Waals surface area contributed by atoms with Gasteiger partial charge < -0.3 is 15.0 Å². The van der Waals surface area contributed by atoms with E-state index in [2.05, 4.69) is 4.74 Å². The predicted octanol–water partition coefficient (Wildman–Crippen LogP) is 0.630. The van der Waals surface area contributed by atoms with Crippen molar-refractivity contribution in [3.05, 3.63) is 24.0 Å². The highest BCUT2D eigenvalue weighted by Gasteiger charge is 2.16. The number of esters is 1. The van der Waals surface area contributed by atoms with Crippen molar-refractivity contribution in [2.45, 2.75) is 12.3 Å². The van der Waals surface area contributed by atoms with E-state index in [1.165, 1.54) is 7.11 Å². The number of ether oxygens (including phenoxy) is 1. The van der Waals surface area contributed by atoms with Gasteiger partial charge in [-0.1, -0.05) is 0 Å². The summed E-state index contributed by atoms with van der Waals surface area (Å²) in [4.78, 5) is 11.1. The number of carbonyl (C=O) groups is 1. The molecule has 78 valence electrons. The molecule has 4 heteroatoms. The van der Waals surface area contributed by atoms with Crippen molar-refractivity contribution in [2.75, 3.05) is 13.7 Å². The number of hydrogen-bond donors (Lipinski definition) is 1. The summed E-state index contributed by atoms with van der Waals surface area (Å²) >= 11 is 0. The largest absolute Gasteiger partial charge is 0.469 e. The standard InChI is InChI=1S/C10H16N2O2/c1-12-5-3-4-9(12)8(7-11)6-10(13)14-2/h3-5,8H,6-7,11H2,1-2H3. The number of aryl methyl sites for hydroxylation is 1. The molecule has 1 unspecified atom stereocenters. The Balaban J connectivity index is 2.72. The Labute approximate surface area is 83.7 Å². The van der Waals surface area contributed by atoms with Crippen molar-refractivity contribution >= 4 is 5.97 Å². The van der Waals surface area contributed by atoms with Gasteiger partial charge in [-0.05, 0) is 12.1 Å². The minimum atomic E-state index is -0.221. The number of carbonyl (C=O) groups excluding carboxylic acids is 1. The molecule has 0 aromatic carbocycles. The van der Waals surface area contributed by atoms with E-state index in [1.54, 1.807) is 0 Å². The average molecular weight is 196 g/mol. The normalized spacial score (nSPS) is 12.5. The van der Waals surface area contributed by atoms with Crippen LogP contribution >= 0.6 is 0 Å². The first-order chi connectivity index (χ1) is 6.69. The maximum absolute atomic E-state index is 11.1. The van der Waals surface area contributed by atoms with E-state index in [0.717, 1.165) is 5.69 Å². The van der Waals surface area contributed by atoms with Crippen LogP contribution in [0.1, 0.15) is 18.0 Å². The van der Waals surface area contributed by atoms with E-state index >= 15 is 0 Å². The molecule has 2 N–H and O–H groups in total. The van der Waals surface area contributed by atoms with Crippen LogP contribution in [0.4, 0.5) is 0 Å². The lowest BCUT2D eigenvalue weighted by Gasteiger charge is -2.14. The van der Waals surface area contributed by atoms with Gasteiger partial charge >= 0.3 is 5.97 Å². The second kappa shape index (κ2) is 4.81. The molecular formula is C10H16N2O2. The first-order valence-electron chi connectivity index (χ1n) is 4.57. The third kappa shape index (κ3) is 2.35. The van der Waals surface area contributed by atoms with Gasteiger partial charge in [0, 0.05) is 31.4 Å². The van der Waals surface area contributed by atoms with Gasteiger partial charge in [0.05, 0.1) is 13.5 Å². The molecule has 14 heavy (non-hydrogen) atoms. The Bertz CT molecular complexity index is 307. The summed E-state index contributed by atoms with van der Waals surface area (Å²) < 4.78 is 6.59. The molecule has 0 aliphatic heterocycles.